The van der Waals surface area contributed by atoms with E-state index in [0.29, 0.717) is 4.90 Å². The third kappa shape index (κ3) is 4.16. The van der Waals surface area contributed by atoms with Crippen LogP contribution in [0.1, 0.15) is 42.4 Å². The number of nitrogens with zero attached hydrogens (tertiary/aromatic N) is 2. The van der Waals surface area contributed by atoms with Gasteiger partial charge >= 0.3 is 0 Å². The molecule has 0 saturated carbocycles. The number of rotatable bonds is 4. The summed E-state index contributed by atoms with van der Waals surface area (Å²) in [6.07, 6.45) is 4.27. The van der Waals surface area contributed by atoms with Crippen LogP contribution in [0.25, 0.3) is 0 Å². The average molecular weight is 353 g/mol. The quantitative estimate of drug-likeness (QED) is 0.837. The summed E-state index contributed by atoms with van der Waals surface area (Å²) in [5, 5.41) is 0. The maximum atomic E-state index is 12.9. The van der Waals surface area contributed by atoms with E-state index in [1.54, 1.807) is 18.7 Å². The van der Waals surface area contributed by atoms with E-state index >= 15 is 0 Å². The molecule has 1 fully saturated rings. The molecule has 1 saturated heterocycles. The molecule has 6 heteroatoms. The summed E-state index contributed by atoms with van der Waals surface area (Å²) in [5.41, 5.74) is 2.48. The molecule has 2 rings (SSSR count). The summed E-state index contributed by atoms with van der Waals surface area (Å²) < 4.78 is 27.0. The van der Waals surface area contributed by atoms with Gasteiger partial charge in [0.15, 0.2) is 0 Å². The molecule has 0 atom stereocenters. The molecular weight excluding hydrogens is 324 g/mol. The lowest BCUT2D eigenvalue weighted by Crippen LogP contribution is -2.41. The second-order valence-electron chi connectivity index (χ2n) is 6.78. The Morgan fingerprint density at radius 3 is 2.04 bits per heavy atom. The average Bonchev–Trinajstić information content (AvgIpc) is 2.74. The monoisotopic (exact) mass is 352 g/mol. The van der Waals surface area contributed by atoms with Crippen LogP contribution in [0.5, 0.6) is 0 Å². The van der Waals surface area contributed by atoms with Crippen LogP contribution in [-0.4, -0.2) is 50.2 Å². The molecule has 0 bridgehead atoms. The highest BCUT2D eigenvalue weighted by molar-refractivity contribution is 7.89. The SMILES string of the molecule is Cc1cc(C)c(S(=O)(=O)N(C)CC(=O)N2CCCCCC2)c(C)c1. The first-order valence-electron chi connectivity index (χ1n) is 8.55. The number of likely N-dealkylation sites (N-methyl/N-ethyl adjacent to an activating group) is 1. The van der Waals surface area contributed by atoms with Crippen LogP contribution < -0.4 is 0 Å². The zero-order valence-corrected chi connectivity index (χ0v) is 15.9. The lowest BCUT2D eigenvalue weighted by atomic mass is 10.1. The van der Waals surface area contributed by atoms with Crippen molar-refractivity contribution in [3.05, 3.63) is 28.8 Å². The minimum Gasteiger partial charge on any atom is -0.342 e. The van der Waals surface area contributed by atoms with Gasteiger partial charge in [0.1, 0.15) is 0 Å². The van der Waals surface area contributed by atoms with Crippen molar-refractivity contribution in [2.45, 2.75) is 51.3 Å². The lowest BCUT2D eigenvalue weighted by molar-refractivity contribution is -0.131. The van der Waals surface area contributed by atoms with Crippen LogP contribution in [0.4, 0.5) is 0 Å². The van der Waals surface area contributed by atoms with E-state index in [0.717, 1.165) is 55.5 Å². The Kier molecular flexibility index (Phi) is 6.04. The molecule has 1 aromatic rings. The molecule has 1 heterocycles. The number of hydrogen-bond donors (Lipinski definition) is 0. The van der Waals surface area contributed by atoms with Gasteiger partial charge in [-0.3, -0.25) is 4.79 Å². The number of benzene rings is 1. The minimum atomic E-state index is -3.67. The maximum absolute atomic E-state index is 12.9. The normalized spacial score (nSPS) is 16.3. The molecule has 1 aliphatic heterocycles. The number of carbonyl (C=O) groups excluding carboxylic acids is 1. The smallest absolute Gasteiger partial charge is 0.243 e. The Balaban J connectivity index is 2.19. The molecule has 5 nitrogen and oxygen atoms in total. The van der Waals surface area contributed by atoms with Gasteiger partial charge in [-0.2, -0.15) is 4.31 Å². The molecule has 1 aromatic carbocycles. The van der Waals surface area contributed by atoms with Crippen molar-refractivity contribution in [3.8, 4) is 0 Å². The van der Waals surface area contributed by atoms with Gasteiger partial charge in [0.25, 0.3) is 0 Å². The summed E-state index contributed by atoms with van der Waals surface area (Å²) in [6.45, 7) is 6.91. The van der Waals surface area contributed by atoms with Crippen molar-refractivity contribution in [3.63, 3.8) is 0 Å². The molecular formula is C18H28N2O3S. The number of amides is 1. The van der Waals surface area contributed by atoms with Crippen molar-refractivity contribution in [2.24, 2.45) is 0 Å². The van der Waals surface area contributed by atoms with Gasteiger partial charge in [0, 0.05) is 20.1 Å². The molecule has 0 N–H and O–H groups in total. The fourth-order valence-corrected chi connectivity index (χ4v) is 4.95. The molecule has 1 aliphatic rings. The summed E-state index contributed by atoms with van der Waals surface area (Å²) in [6, 6.07) is 3.73. The first kappa shape index (κ1) is 18.9. The third-order valence-corrected chi connectivity index (χ3v) is 6.70. The minimum absolute atomic E-state index is 0.102. The highest BCUT2D eigenvalue weighted by atomic mass is 32.2. The van der Waals surface area contributed by atoms with Crippen LogP contribution in [0.2, 0.25) is 0 Å². The van der Waals surface area contributed by atoms with E-state index in [1.807, 2.05) is 19.1 Å². The molecule has 0 unspecified atom stereocenters. The topological polar surface area (TPSA) is 57.7 Å². The van der Waals surface area contributed by atoms with Gasteiger partial charge in [-0.25, -0.2) is 8.42 Å². The van der Waals surface area contributed by atoms with Gasteiger partial charge in [-0.1, -0.05) is 30.5 Å². The molecule has 134 valence electrons. The number of aryl methyl sites for hydroxylation is 3. The first-order valence-corrected chi connectivity index (χ1v) is 9.99. The van der Waals surface area contributed by atoms with E-state index in [2.05, 4.69) is 0 Å². The standard InChI is InChI=1S/C18H28N2O3S/c1-14-11-15(2)18(16(3)12-14)24(22,23)19(4)13-17(21)20-9-7-5-6-8-10-20/h11-12H,5-10,13H2,1-4H3. The van der Waals surface area contributed by atoms with Gasteiger partial charge in [0.05, 0.1) is 11.4 Å². The molecule has 24 heavy (non-hydrogen) atoms. The Hall–Kier alpha value is -1.40. The Morgan fingerprint density at radius 1 is 1.04 bits per heavy atom. The van der Waals surface area contributed by atoms with Gasteiger partial charge < -0.3 is 4.90 Å². The molecule has 0 radical (unpaired) electrons. The van der Waals surface area contributed by atoms with Crippen LogP contribution in [0, 0.1) is 20.8 Å². The number of hydrogen-bond acceptors (Lipinski definition) is 3. The highest BCUT2D eigenvalue weighted by Crippen LogP contribution is 2.24. The summed E-state index contributed by atoms with van der Waals surface area (Å²) in [4.78, 5) is 14.6. The van der Waals surface area contributed by atoms with Crippen LogP contribution in [0.15, 0.2) is 17.0 Å². The van der Waals surface area contributed by atoms with Gasteiger partial charge in [0.2, 0.25) is 15.9 Å². The number of sulfonamides is 1. The van der Waals surface area contributed by atoms with Crippen molar-refractivity contribution >= 4 is 15.9 Å². The van der Waals surface area contributed by atoms with Crippen LogP contribution in [-0.2, 0) is 14.8 Å². The van der Waals surface area contributed by atoms with Gasteiger partial charge in [-0.05, 0) is 44.7 Å². The maximum Gasteiger partial charge on any atom is 0.243 e. The fraction of sp³-hybridized carbons (Fsp3) is 0.611. The molecule has 1 amide bonds. The van der Waals surface area contributed by atoms with Crippen molar-refractivity contribution in [2.75, 3.05) is 26.7 Å². The summed E-state index contributed by atoms with van der Waals surface area (Å²) >= 11 is 0. The lowest BCUT2D eigenvalue weighted by Gasteiger charge is -2.25. The second-order valence-corrected chi connectivity index (χ2v) is 8.77. The second kappa shape index (κ2) is 7.66. The Bertz CT molecular complexity index is 682. The predicted octanol–water partition coefficient (Wildman–Crippen LogP) is 2.63. The molecule has 0 aliphatic carbocycles. The van der Waals surface area contributed by atoms with E-state index in [9.17, 15) is 13.2 Å². The fourth-order valence-electron chi connectivity index (χ4n) is 3.43. The highest BCUT2D eigenvalue weighted by Gasteiger charge is 2.28. The Morgan fingerprint density at radius 2 is 1.54 bits per heavy atom. The Labute approximate surface area is 145 Å². The largest absolute Gasteiger partial charge is 0.342 e. The summed E-state index contributed by atoms with van der Waals surface area (Å²) in [7, 11) is -2.18. The van der Waals surface area contributed by atoms with E-state index < -0.39 is 10.0 Å². The first-order chi connectivity index (χ1) is 11.2. The zero-order valence-electron chi connectivity index (χ0n) is 15.1. The van der Waals surface area contributed by atoms with E-state index in [1.165, 1.54) is 11.4 Å². The molecule has 0 aromatic heterocycles. The number of carbonyl (C=O) groups is 1. The van der Waals surface area contributed by atoms with Crippen molar-refractivity contribution in [1.29, 1.82) is 0 Å². The van der Waals surface area contributed by atoms with Gasteiger partial charge in [-0.15, -0.1) is 0 Å². The molecule has 0 spiro atoms. The van der Waals surface area contributed by atoms with Crippen molar-refractivity contribution < 1.29 is 13.2 Å². The van der Waals surface area contributed by atoms with Crippen LogP contribution in [0.3, 0.4) is 0 Å². The summed E-state index contributed by atoms with van der Waals surface area (Å²) in [5.74, 6) is -0.106. The number of likely N-dealkylation sites (tertiary alicyclic amines) is 1. The van der Waals surface area contributed by atoms with E-state index in [4.69, 9.17) is 0 Å². The van der Waals surface area contributed by atoms with E-state index in [-0.39, 0.29) is 12.5 Å². The third-order valence-electron chi connectivity index (χ3n) is 4.59. The van der Waals surface area contributed by atoms with Crippen molar-refractivity contribution in [1.82, 2.24) is 9.21 Å². The zero-order chi connectivity index (χ0) is 17.9. The predicted molar refractivity (Wildman–Crippen MR) is 95.5 cm³/mol. The van der Waals surface area contributed by atoms with Crippen LogP contribution >= 0.6 is 0 Å².